The molecule has 0 spiro atoms. The molecule has 2 atom stereocenters. The van der Waals surface area contributed by atoms with Crippen molar-refractivity contribution in [1.29, 1.82) is 0 Å². The highest BCUT2D eigenvalue weighted by molar-refractivity contribution is 7.47. The highest BCUT2D eigenvalue weighted by atomic mass is 31.2. The van der Waals surface area contributed by atoms with Crippen molar-refractivity contribution in [3.05, 3.63) is 12.2 Å². The Kier molecular flexibility index (Phi) is 34.6. The van der Waals surface area contributed by atoms with E-state index in [1.807, 2.05) is 21.1 Å². The molecule has 0 fully saturated rings. The van der Waals surface area contributed by atoms with Crippen molar-refractivity contribution in [1.82, 2.24) is 0 Å². The molecule has 10 heteroatoms. The number of carbonyl (C=O) groups excluding carboxylic acids is 2. The van der Waals surface area contributed by atoms with Crippen molar-refractivity contribution in [3.8, 4) is 0 Å². The summed E-state index contributed by atoms with van der Waals surface area (Å²) in [5.41, 5.74) is 0. The van der Waals surface area contributed by atoms with Crippen molar-refractivity contribution >= 4 is 19.8 Å². The fourth-order valence-corrected chi connectivity index (χ4v) is 6.63. The van der Waals surface area contributed by atoms with Crippen molar-refractivity contribution in [3.63, 3.8) is 0 Å². The van der Waals surface area contributed by atoms with Crippen molar-refractivity contribution < 1.29 is 42.1 Å². The van der Waals surface area contributed by atoms with Crippen LogP contribution in [0, 0.1) is 0 Å². The van der Waals surface area contributed by atoms with E-state index in [4.69, 9.17) is 18.5 Å². The average Bonchev–Trinajstić information content (AvgIpc) is 3.09. The molecule has 308 valence electrons. The van der Waals surface area contributed by atoms with Gasteiger partial charge in [-0.3, -0.25) is 18.6 Å². The number of phosphoric acid groups is 1. The van der Waals surface area contributed by atoms with Crippen molar-refractivity contribution in [2.45, 2.75) is 200 Å². The van der Waals surface area contributed by atoms with Crippen LogP contribution in [0.5, 0.6) is 0 Å². The summed E-state index contributed by atoms with van der Waals surface area (Å²) in [7, 11) is 1.48. The molecule has 0 aliphatic heterocycles. The Balaban J connectivity index is 4.37. The monoisotopic (exact) mass is 761 g/mol. The minimum Gasteiger partial charge on any atom is -0.462 e. The van der Waals surface area contributed by atoms with E-state index < -0.39 is 26.5 Å². The van der Waals surface area contributed by atoms with Gasteiger partial charge in [0.15, 0.2) is 6.10 Å². The lowest BCUT2D eigenvalue weighted by Crippen LogP contribution is -2.37. The molecule has 0 saturated heterocycles. The lowest BCUT2D eigenvalue weighted by molar-refractivity contribution is -0.870. The van der Waals surface area contributed by atoms with Crippen LogP contribution >= 0.6 is 7.82 Å². The first kappa shape index (κ1) is 50.8. The van der Waals surface area contributed by atoms with E-state index in [1.165, 1.54) is 109 Å². The maximum absolute atomic E-state index is 12.7. The van der Waals surface area contributed by atoms with Crippen LogP contribution in [0.25, 0.3) is 0 Å². The summed E-state index contributed by atoms with van der Waals surface area (Å²) in [6, 6.07) is 0. The van der Waals surface area contributed by atoms with Gasteiger partial charge in [0.1, 0.15) is 19.8 Å². The van der Waals surface area contributed by atoms with Gasteiger partial charge in [-0.25, -0.2) is 4.57 Å². The summed E-state index contributed by atoms with van der Waals surface area (Å²) < 4.78 is 34.3. The third-order valence-electron chi connectivity index (χ3n) is 9.30. The first-order valence-electron chi connectivity index (χ1n) is 21.4. The maximum atomic E-state index is 12.7. The molecule has 1 N–H and O–H groups in total. The number of likely N-dealkylation sites (N-methyl/N-ethyl adjacent to an activating group) is 1. The first-order valence-corrected chi connectivity index (χ1v) is 22.9. The third kappa shape index (κ3) is 38.5. The number of quaternary nitrogens is 1. The summed E-state index contributed by atoms with van der Waals surface area (Å²) >= 11 is 0. The number of allylic oxidation sites excluding steroid dienone is 2. The van der Waals surface area contributed by atoms with Crippen LogP contribution in [0.2, 0.25) is 0 Å². The Hall–Kier alpha value is -1.25. The molecule has 0 rings (SSSR count). The Morgan fingerprint density at radius 1 is 0.577 bits per heavy atom. The van der Waals surface area contributed by atoms with Gasteiger partial charge in [-0.1, -0.05) is 154 Å². The van der Waals surface area contributed by atoms with Crippen LogP contribution < -0.4 is 0 Å². The largest absolute Gasteiger partial charge is 0.472 e. The predicted molar refractivity (Wildman–Crippen MR) is 215 cm³/mol. The summed E-state index contributed by atoms with van der Waals surface area (Å²) in [6.07, 6.45) is 35.3. The number of hydrogen-bond donors (Lipinski definition) is 1. The standard InChI is InChI=1S/C42H82NO8P/c1-6-8-10-12-14-16-18-20-22-24-26-28-30-32-34-41(44)48-38-40(39-50-52(46,47)49-37-36-43(3,4)5)51-42(45)35-33-31-29-27-25-23-21-19-17-15-13-11-9-7-2/h19,21,40H,6-18,20,22-39H2,1-5H3/p+1/b21-19-/t40-/m1/s1. The highest BCUT2D eigenvalue weighted by Crippen LogP contribution is 2.43. The van der Waals surface area contributed by atoms with Gasteiger partial charge >= 0.3 is 19.8 Å². The quantitative estimate of drug-likeness (QED) is 0.0217. The van der Waals surface area contributed by atoms with Crippen LogP contribution in [0.1, 0.15) is 194 Å². The molecule has 1 unspecified atom stereocenters. The molecular weight excluding hydrogens is 677 g/mol. The van der Waals surface area contributed by atoms with Gasteiger partial charge in [-0.05, 0) is 38.5 Å². The molecule has 0 radical (unpaired) electrons. The van der Waals surface area contributed by atoms with Crippen molar-refractivity contribution in [2.75, 3.05) is 47.5 Å². The second kappa shape index (κ2) is 35.5. The Labute approximate surface area is 320 Å². The smallest absolute Gasteiger partial charge is 0.462 e. The van der Waals surface area contributed by atoms with Gasteiger partial charge in [0.25, 0.3) is 0 Å². The maximum Gasteiger partial charge on any atom is 0.472 e. The van der Waals surface area contributed by atoms with Gasteiger partial charge < -0.3 is 18.9 Å². The Morgan fingerprint density at radius 2 is 0.981 bits per heavy atom. The van der Waals surface area contributed by atoms with Crippen LogP contribution in [-0.2, 0) is 32.7 Å². The summed E-state index contributed by atoms with van der Waals surface area (Å²) in [4.78, 5) is 35.3. The van der Waals surface area contributed by atoms with E-state index >= 15 is 0 Å². The number of nitrogens with zero attached hydrogens (tertiary/aromatic N) is 1. The van der Waals surface area contributed by atoms with E-state index in [1.54, 1.807) is 0 Å². The SMILES string of the molecule is CCCCCCC/C=C\CCCCCCCC(=O)O[C@H](COC(=O)CCCCCCCCCCCCCCCC)COP(=O)(O)OCC[N+](C)(C)C. The number of hydrogen-bond acceptors (Lipinski definition) is 7. The lowest BCUT2D eigenvalue weighted by atomic mass is 10.0. The molecule has 0 aliphatic carbocycles. The highest BCUT2D eigenvalue weighted by Gasteiger charge is 2.27. The predicted octanol–water partition coefficient (Wildman–Crippen LogP) is 11.8. The molecule has 0 saturated carbocycles. The molecule has 0 aromatic heterocycles. The van der Waals surface area contributed by atoms with Crippen LogP contribution in [0.3, 0.4) is 0 Å². The van der Waals surface area contributed by atoms with Crippen LogP contribution in [-0.4, -0.2) is 74.9 Å². The third-order valence-corrected chi connectivity index (χ3v) is 10.3. The number of esters is 2. The molecule has 52 heavy (non-hydrogen) atoms. The number of carbonyl (C=O) groups is 2. The normalized spacial score (nSPS) is 13.7. The number of unbranched alkanes of at least 4 members (excludes halogenated alkanes) is 23. The second-order valence-corrected chi connectivity index (χ2v) is 17.2. The molecule has 0 bridgehead atoms. The van der Waals surface area contributed by atoms with Gasteiger partial charge in [-0.2, -0.15) is 0 Å². The first-order chi connectivity index (χ1) is 25.0. The van der Waals surface area contributed by atoms with Crippen LogP contribution in [0.15, 0.2) is 12.2 Å². The molecule has 0 amide bonds. The molecular formula is C42H83NO8P+. The molecule has 0 aromatic carbocycles. The molecule has 0 aromatic rings. The average molecular weight is 761 g/mol. The minimum absolute atomic E-state index is 0.0331. The van der Waals surface area contributed by atoms with Gasteiger partial charge in [0, 0.05) is 12.8 Å². The second-order valence-electron chi connectivity index (χ2n) is 15.7. The zero-order valence-corrected chi connectivity index (χ0v) is 35.5. The van der Waals surface area contributed by atoms with Gasteiger partial charge in [-0.15, -0.1) is 0 Å². The Bertz CT molecular complexity index is 907. The van der Waals surface area contributed by atoms with Crippen LogP contribution in [0.4, 0.5) is 0 Å². The molecule has 0 heterocycles. The van der Waals surface area contributed by atoms with Gasteiger partial charge in [0.05, 0.1) is 27.7 Å². The number of phosphoric ester groups is 1. The minimum atomic E-state index is -4.37. The molecule has 0 aliphatic rings. The topological polar surface area (TPSA) is 108 Å². The van der Waals surface area contributed by atoms with E-state index in [0.717, 1.165) is 51.4 Å². The number of rotatable bonds is 39. The van der Waals surface area contributed by atoms with Gasteiger partial charge in [0.2, 0.25) is 0 Å². The molecule has 9 nitrogen and oxygen atoms in total. The summed E-state index contributed by atoms with van der Waals surface area (Å²) in [6.45, 7) is 4.42. The fourth-order valence-electron chi connectivity index (χ4n) is 5.89. The zero-order valence-electron chi connectivity index (χ0n) is 34.6. The fraction of sp³-hybridized carbons (Fsp3) is 0.905. The Morgan fingerprint density at radius 3 is 1.42 bits per heavy atom. The van der Waals surface area contributed by atoms with E-state index in [0.29, 0.717) is 23.9 Å². The summed E-state index contributed by atoms with van der Waals surface area (Å²) in [5, 5.41) is 0. The lowest BCUT2D eigenvalue weighted by Gasteiger charge is -2.24. The van der Waals surface area contributed by atoms with E-state index in [2.05, 4.69) is 26.0 Å². The van der Waals surface area contributed by atoms with E-state index in [-0.39, 0.29) is 25.6 Å². The zero-order chi connectivity index (χ0) is 38.6. The summed E-state index contributed by atoms with van der Waals surface area (Å²) in [5.74, 6) is -0.801. The van der Waals surface area contributed by atoms with Crippen molar-refractivity contribution in [2.24, 2.45) is 0 Å². The number of ether oxygens (including phenoxy) is 2. The van der Waals surface area contributed by atoms with E-state index in [9.17, 15) is 19.0 Å².